The molecule has 1 unspecified atom stereocenters. The topological polar surface area (TPSA) is 64.4 Å². The summed E-state index contributed by atoms with van der Waals surface area (Å²) in [6.07, 6.45) is 5.05. The van der Waals surface area contributed by atoms with Crippen LogP contribution in [0.4, 0.5) is 0 Å². The van der Waals surface area contributed by atoms with Crippen LogP contribution in [0.1, 0.15) is 32.1 Å². The van der Waals surface area contributed by atoms with Gasteiger partial charge in [0.1, 0.15) is 0 Å². The minimum atomic E-state index is -0.522. The predicted molar refractivity (Wildman–Crippen MR) is 65.1 cm³/mol. The molecule has 0 bridgehead atoms. The standard InChI is InChI=1S/C11H18N2O2S/c12-9(16)11(4-5-11)10(14)13-6-3-8-2-1-7-15-8/h8H,1-7H2,(H2,12,16)(H,13,14). The average molecular weight is 242 g/mol. The summed E-state index contributed by atoms with van der Waals surface area (Å²) in [5, 5.41) is 2.91. The first-order chi connectivity index (χ1) is 7.65. The second-order valence-electron chi connectivity index (χ2n) is 4.63. The van der Waals surface area contributed by atoms with Gasteiger partial charge in [0.15, 0.2) is 0 Å². The van der Waals surface area contributed by atoms with Gasteiger partial charge in [0.2, 0.25) is 5.91 Å². The highest BCUT2D eigenvalue weighted by Crippen LogP contribution is 2.46. The van der Waals surface area contributed by atoms with Gasteiger partial charge in [-0.3, -0.25) is 4.79 Å². The maximum absolute atomic E-state index is 11.8. The van der Waals surface area contributed by atoms with Crippen molar-refractivity contribution in [1.82, 2.24) is 5.32 Å². The number of amides is 1. The molecule has 4 nitrogen and oxygen atoms in total. The van der Waals surface area contributed by atoms with Crippen molar-refractivity contribution < 1.29 is 9.53 Å². The van der Waals surface area contributed by atoms with Gasteiger partial charge in [0.25, 0.3) is 0 Å². The molecule has 5 heteroatoms. The summed E-state index contributed by atoms with van der Waals surface area (Å²) in [5.74, 6) is -0.00185. The summed E-state index contributed by atoms with van der Waals surface area (Å²) >= 11 is 4.92. The van der Waals surface area contributed by atoms with E-state index in [4.69, 9.17) is 22.7 Å². The van der Waals surface area contributed by atoms with Gasteiger partial charge in [-0.05, 0) is 32.1 Å². The Labute approximate surface area is 101 Å². The van der Waals surface area contributed by atoms with Crippen molar-refractivity contribution in [2.75, 3.05) is 13.2 Å². The smallest absolute Gasteiger partial charge is 0.233 e. The van der Waals surface area contributed by atoms with Crippen LogP contribution in [0.2, 0.25) is 0 Å². The molecule has 1 aliphatic carbocycles. The van der Waals surface area contributed by atoms with Gasteiger partial charge in [-0.2, -0.15) is 0 Å². The third kappa shape index (κ3) is 2.35. The fraction of sp³-hybridized carbons (Fsp3) is 0.818. The number of nitrogens with one attached hydrogen (secondary N) is 1. The largest absolute Gasteiger partial charge is 0.392 e. The summed E-state index contributed by atoms with van der Waals surface area (Å²) in [4.78, 5) is 12.2. The normalized spacial score (nSPS) is 26.4. The van der Waals surface area contributed by atoms with Crippen LogP contribution in [-0.4, -0.2) is 30.2 Å². The lowest BCUT2D eigenvalue weighted by Crippen LogP contribution is -2.40. The molecule has 2 rings (SSSR count). The molecule has 1 heterocycles. The van der Waals surface area contributed by atoms with Crippen LogP contribution in [0.15, 0.2) is 0 Å². The Balaban J connectivity index is 1.70. The molecule has 0 spiro atoms. The first-order valence-electron chi connectivity index (χ1n) is 5.85. The molecule has 1 saturated heterocycles. The Kier molecular flexibility index (Phi) is 3.44. The third-order valence-corrected chi connectivity index (χ3v) is 3.82. The van der Waals surface area contributed by atoms with Crippen molar-refractivity contribution in [1.29, 1.82) is 0 Å². The number of carbonyl (C=O) groups is 1. The van der Waals surface area contributed by atoms with Crippen molar-refractivity contribution in [3.8, 4) is 0 Å². The lowest BCUT2D eigenvalue weighted by molar-refractivity contribution is -0.124. The Morgan fingerprint density at radius 2 is 2.31 bits per heavy atom. The Morgan fingerprint density at radius 1 is 1.56 bits per heavy atom. The van der Waals surface area contributed by atoms with Crippen LogP contribution in [-0.2, 0) is 9.53 Å². The molecular weight excluding hydrogens is 224 g/mol. The summed E-state index contributed by atoms with van der Waals surface area (Å²) in [5.41, 5.74) is 5.05. The highest BCUT2D eigenvalue weighted by molar-refractivity contribution is 7.80. The molecule has 2 aliphatic rings. The summed E-state index contributed by atoms with van der Waals surface area (Å²) in [6.45, 7) is 1.52. The summed E-state index contributed by atoms with van der Waals surface area (Å²) in [7, 11) is 0. The van der Waals surface area contributed by atoms with Crippen LogP contribution in [0.3, 0.4) is 0 Å². The highest BCUT2D eigenvalue weighted by Gasteiger charge is 2.52. The monoisotopic (exact) mass is 242 g/mol. The number of carbonyl (C=O) groups excluding carboxylic acids is 1. The van der Waals surface area contributed by atoms with Crippen LogP contribution in [0.5, 0.6) is 0 Å². The molecule has 1 saturated carbocycles. The van der Waals surface area contributed by atoms with Gasteiger partial charge < -0.3 is 15.8 Å². The second kappa shape index (κ2) is 4.67. The van der Waals surface area contributed by atoms with Crippen molar-refractivity contribution in [2.45, 2.75) is 38.2 Å². The van der Waals surface area contributed by atoms with E-state index in [0.29, 0.717) is 17.6 Å². The predicted octanol–water partition coefficient (Wildman–Crippen LogP) is 0.738. The average Bonchev–Trinajstić information content (AvgIpc) is 2.92. The highest BCUT2D eigenvalue weighted by atomic mass is 32.1. The van der Waals surface area contributed by atoms with Crippen molar-refractivity contribution in [3.05, 3.63) is 0 Å². The molecule has 1 aliphatic heterocycles. The fourth-order valence-electron chi connectivity index (χ4n) is 2.10. The SMILES string of the molecule is NC(=S)C1(C(=O)NCCC2CCCO2)CC1. The fourth-order valence-corrected chi connectivity index (χ4v) is 2.40. The van der Waals surface area contributed by atoms with E-state index in [1.165, 1.54) is 0 Å². The zero-order chi connectivity index (χ0) is 11.6. The minimum absolute atomic E-state index is 0.00185. The van der Waals surface area contributed by atoms with Gasteiger partial charge in [0, 0.05) is 13.2 Å². The number of ether oxygens (including phenoxy) is 1. The molecule has 3 N–H and O–H groups in total. The lowest BCUT2D eigenvalue weighted by Gasteiger charge is -2.15. The third-order valence-electron chi connectivity index (χ3n) is 3.43. The van der Waals surface area contributed by atoms with Crippen molar-refractivity contribution in [3.63, 3.8) is 0 Å². The Bertz CT molecular complexity index is 296. The van der Waals surface area contributed by atoms with E-state index in [-0.39, 0.29) is 5.91 Å². The van der Waals surface area contributed by atoms with E-state index in [1.807, 2.05) is 0 Å². The molecule has 0 radical (unpaired) electrons. The van der Waals surface area contributed by atoms with E-state index < -0.39 is 5.41 Å². The Hall–Kier alpha value is -0.680. The second-order valence-corrected chi connectivity index (χ2v) is 5.07. The summed E-state index contributed by atoms with van der Waals surface area (Å²) in [6, 6.07) is 0. The first-order valence-corrected chi connectivity index (χ1v) is 6.26. The van der Waals surface area contributed by atoms with E-state index in [2.05, 4.69) is 5.32 Å². The number of hydrogen-bond donors (Lipinski definition) is 2. The molecule has 1 atom stereocenters. The zero-order valence-electron chi connectivity index (χ0n) is 9.33. The van der Waals surface area contributed by atoms with E-state index in [0.717, 1.165) is 38.7 Å². The number of thiocarbonyl (C=S) groups is 1. The molecule has 16 heavy (non-hydrogen) atoms. The number of hydrogen-bond acceptors (Lipinski definition) is 3. The molecular formula is C11H18N2O2S. The van der Waals surface area contributed by atoms with E-state index in [1.54, 1.807) is 0 Å². The molecule has 90 valence electrons. The minimum Gasteiger partial charge on any atom is -0.392 e. The van der Waals surface area contributed by atoms with Gasteiger partial charge >= 0.3 is 0 Å². The molecule has 0 aromatic carbocycles. The van der Waals surface area contributed by atoms with Crippen LogP contribution in [0.25, 0.3) is 0 Å². The van der Waals surface area contributed by atoms with E-state index in [9.17, 15) is 4.79 Å². The van der Waals surface area contributed by atoms with E-state index >= 15 is 0 Å². The number of rotatable bonds is 5. The molecule has 1 amide bonds. The van der Waals surface area contributed by atoms with Gasteiger partial charge in [-0.15, -0.1) is 0 Å². The maximum atomic E-state index is 11.8. The Morgan fingerprint density at radius 3 is 2.81 bits per heavy atom. The quantitative estimate of drug-likeness (QED) is 0.698. The zero-order valence-corrected chi connectivity index (χ0v) is 10.1. The van der Waals surface area contributed by atoms with Gasteiger partial charge in [0.05, 0.1) is 16.5 Å². The summed E-state index contributed by atoms with van der Waals surface area (Å²) < 4.78 is 5.48. The van der Waals surface area contributed by atoms with Gasteiger partial charge in [-0.1, -0.05) is 12.2 Å². The van der Waals surface area contributed by atoms with Crippen molar-refractivity contribution in [2.24, 2.45) is 11.1 Å². The first kappa shape index (κ1) is 11.8. The van der Waals surface area contributed by atoms with Crippen LogP contribution < -0.4 is 11.1 Å². The van der Waals surface area contributed by atoms with Crippen LogP contribution >= 0.6 is 12.2 Å². The molecule has 0 aromatic heterocycles. The number of nitrogens with two attached hydrogens (primary N) is 1. The molecule has 0 aromatic rings. The molecule has 2 fully saturated rings. The lowest BCUT2D eigenvalue weighted by atomic mass is 10.1. The van der Waals surface area contributed by atoms with Gasteiger partial charge in [-0.25, -0.2) is 0 Å². The van der Waals surface area contributed by atoms with Crippen LogP contribution in [0, 0.1) is 5.41 Å². The van der Waals surface area contributed by atoms with Crippen molar-refractivity contribution >= 4 is 23.1 Å². The maximum Gasteiger partial charge on any atom is 0.233 e.